The molecule has 0 aliphatic heterocycles. The van der Waals surface area contributed by atoms with Crippen LogP contribution in [0.2, 0.25) is 5.02 Å². The third kappa shape index (κ3) is 4.05. The Morgan fingerprint density at radius 1 is 1.23 bits per heavy atom. The van der Waals surface area contributed by atoms with Crippen LogP contribution >= 0.6 is 11.6 Å². The van der Waals surface area contributed by atoms with Crippen LogP contribution < -0.4 is 4.72 Å². The van der Waals surface area contributed by atoms with Gasteiger partial charge in [-0.2, -0.15) is 0 Å². The van der Waals surface area contributed by atoms with Crippen molar-refractivity contribution < 1.29 is 13.2 Å². The van der Waals surface area contributed by atoms with Crippen LogP contribution in [0, 0.1) is 0 Å². The maximum Gasteiger partial charge on any atom is 0.265 e. The summed E-state index contributed by atoms with van der Waals surface area (Å²) in [6.07, 6.45) is 3.59. The molecule has 1 amide bonds. The zero-order chi connectivity index (χ0) is 16.2. The van der Waals surface area contributed by atoms with Gasteiger partial charge in [-0.25, -0.2) is 13.1 Å². The van der Waals surface area contributed by atoms with Crippen LogP contribution in [-0.4, -0.2) is 19.3 Å². The predicted octanol–water partition coefficient (Wildman–Crippen LogP) is 2.56. The number of amides is 1. The molecule has 0 aliphatic carbocycles. The van der Waals surface area contributed by atoms with Crippen molar-refractivity contribution in [2.75, 3.05) is 0 Å². The van der Waals surface area contributed by atoms with Gasteiger partial charge in [0.05, 0.1) is 5.75 Å². The summed E-state index contributed by atoms with van der Waals surface area (Å²) in [5, 5.41) is 0.346. The normalized spacial score (nSPS) is 11.2. The Hall–Kier alpha value is -1.92. The highest BCUT2D eigenvalue weighted by atomic mass is 35.5. The SMILES string of the molecule is CCc1cnccc1C(=O)NS(=O)(=O)Cc1ccccc1Cl. The average molecular weight is 339 g/mol. The van der Waals surface area contributed by atoms with Gasteiger partial charge in [0.1, 0.15) is 0 Å². The van der Waals surface area contributed by atoms with Gasteiger partial charge in [0, 0.05) is 23.0 Å². The fourth-order valence-electron chi connectivity index (χ4n) is 1.98. The molecule has 0 bridgehead atoms. The summed E-state index contributed by atoms with van der Waals surface area (Å²) in [5.74, 6) is -1.02. The van der Waals surface area contributed by atoms with Crippen LogP contribution in [0.5, 0.6) is 0 Å². The number of hydrogen-bond acceptors (Lipinski definition) is 4. The lowest BCUT2D eigenvalue weighted by atomic mass is 10.1. The minimum absolute atomic E-state index is 0.306. The Labute approximate surface area is 134 Å². The maximum absolute atomic E-state index is 12.2. The summed E-state index contributed by atoms with van der Waals surface area (Å²) in [6, 6.07) is 8.11. The number of aryl methyl sites for hydroxylation is 1. The number of sulfonamides is 1. The van der Waals surface area contributed by atoms with Crippen LogP contribution in [0.3, 0.4) is 0 Å². The second kappa shape index (κ2) is 6.89. The first-order valence-electron chi connectivity index (χ1n) is 6.64. The highest BCUT2D eigenvalue weighted by Crippen LogP contribution is 2.17. The highest BCUT2D eigenvalue weighted by molar-refractivity contribution is 7.89. The number of carbonyl (C=O) groups excluding carboxylic acids is 1. The molecule has 0 saturated carbocycles. The van der Waals surface area contributed by atoms with E-state index in [2.05, 4.69) is 9.71 Å². The number of nitrogens with zero attached hydrogens (tertiary/aromatic N) is 1. The summed E-state index contributed by atoms with van der Waals surface area (Å²) in [5.41, 5.74) is 1.43. The molecule has 1 N–H and O–H groups in total. The van der Waals surface area contributed by atoms with Crippen LogP contribution in [-0.2, 0) is 22.2 Å². The summed E-state index contributed by atoms with van der Waals surface area (Å²) in [7, 11) is -3.83. The van der Waals surface area contributed by atoms with E-state index < -0.39 is 15.9 Å². The first kappa shape index (κ1) is 16.5. The average Bonchev–Trinajstić information content (AvgIpc) is 2.49. The van der Waals surface area contributed by atoms with Gasteiger partial charge in [-0.3, -0.25) is 9.78 Å². The lowest BCUT2D eigenvalue weighted by Crippen LogP contribution is -2.32. The predicted molar refractivity (Wildman–Crippen MR) is 85.2 cm³/mol. The Morgan fingerprint density at radius 2 is 1.95 bits per heavy atom. The minimum Gasteiger partial charge on any atom is -0.268 e. The molecule has 0 fully saturated rings. The fraction of sp³-hybridized carbons (Fsp3) is 0.200. The molecule has 0 radical (unpaired) electrons. The van der Waals surface area contributed by atoms with Gasteiger partial charge in [-0.15, -0.1) is 0 Å². The number of carbonyl (C=O) groups is 1. The van der Waals surface area contributed by atoms with Gasteiger partial charge < -0.3 is 0 Å². The molecule has 1 heterocycles. The van der Waals surface area contributed by atoms with Gasteiger partial charge in [0.15, 0.2) is 0 Å². The van der Waals surface area contributed by atoms with Crippen molar-refractivity contribution in [1.82, 2.24) is 9.71 Å². The Morgan fingerprint density at radius 3 is 2.64 bits per heavy atom. The van der Waals surface area contributed by atoms with E-state index in [9.17, 15) is 13.2 Å². The van der Waals surface area contributed by atoms with E-state index in [-0.39, 0.29) is 5.75 Å². The third-order valence-corrected chi connectivity index (χ3v) is 4.64. The first-order chi connectivity index (χ1) is 10.4. The Balaban J connectivity index is 2.18. The number of rotatable bonds is 5. The van der Waals surface area contributed by atoms with Crippen molar-refractivity contribution in [2.45, 2.75) is 19.1 Å². The van der Waals surface area contributed by atoms with Crippen molar-refractivity contribution in [2.24, 2.45) is 0 Å². The lowest BCUT2D eigenvalue weighted by molar-refractivity contribution is 0.0980. The summed E-state index contributed by atoms with van der Waals surface area (Å²) < 4.78 is 26.3. The van der Waals surface area contributed by atoms with Gasteiger partial charge in [0.2, 0.25) is 10.0 Å². The van der Waals surface area contributed by atoms with E-state index in [0.717, 1.165) is 0 Å². The molecule has 5 nitrogen and oxygen atoms in total. The zero-order valence-corrected chi connectivity index (χ0v) is 13.5. The standard InChI is InChI=1S/C15H15ClN2O3S/c1-2-11-9-17-8-7-13(11)15(19)18-22(20,21)10-12-5-3-4-6-14(12)16/h3-9H,2,10H2,1H3,(H,18,19). The van der Waals surface area contributed by atoms with E-state index in [1.165, 1.54) is 12.3 Å². The number of hydrogen-bond donors (Lipinski definition) is 1. The third-order valence-electron chi connectivity index (χ3n) is 3.08. The number of pyridine rings is 1. The van der Waals surface area contributed by atoms with E-state index in [4.69, 9.17) is 11.6 Å². The van der Waals surface area contributed by atoms with Crippen molar-refractivity contribution >= 4 is 27.5 Å². The van der Waals surface area contributed by atoms with Crippen molar-refractivity contribution in [3.63, 3.8) is 0 Å². The largest absolute Gasteiger partial charge is 0.268 e. The number of benzene rings is 1. The highest BCUT2D eigenvalue weighted by Gasteiger charge is 2.19. The molecule has 22 heavy (non-hydrogen) atoms. The number of aromatic nitrogens is 1. The molecule has 0 unspecified atom stereocenters. The smallest absolute Gasteiger partial charge is 0.265 e. The first-order valence-corrected chi connectivity index (χ1v) is 8.67. The second-order valence-electron chi connectivity index (χ2n) is 4.67. The molecule has 0 spiro atoms. The molecule has 2 rings (SSSR count). The molecule has 116 valence electrons. The molecule has 7 heteroatoms. The lowest BCUT2D eigenvalue weighted by Gasteiger charge is -2.10. The molecular weight excluding hydrogens is 324 g/mol. The monoisotopic (exact) mass is 338 g/mol. The molecule has 0 atom stereocenters. The maximum atomic E-state index is 12.2. The van der Waals surface area contributed by atoms with Gasteiger partial charge in [0.25, 0.3) is 5.91 Å². The van der Waals surface area contributed by atoms with E-state index in [0.29, 0.717) is 28.1 Å². The molecule has 0 saturated heterocycles. The van der Waals surface area contributed by atoms with Crippen LogP contribution in [0.4, 0.5) is 0 Å². The Bertz CT molecular complexity index is 791. The fourth-order valence-corrected chi connectivity index (χ4v) is 3.39. The zero-order valence-electron chi connectivity index (χ0n) is 11.9. The Kier molecular flexibility index (Phi) is 5.15. The second-order valence-corrected chi connectivity index (χ2v) is 6.80. The summed E-state index contributed by atoms with van der Waals surface area (Å²) in [4.78, 5) is 16.1. The number of halogens is 1. The van der Waals surface area contributed by atoms with Gasteiger partial charge in [-0.05, 0) is 29.7 Å². The van der Waals surface area contributed by atoms with E-state index in [1.54, 1.807) is 30.5 Å². The van der Waals surface area contributed by atoms with Crippen LogP contribution in [0.25, 0.3) is 0 Å². The van der Waals surface area contributed by atoms with Crippen LogP contribution in [0.15, 0.2) is 42.7 Å². The molecular formula is C15H15ClN2O3S. The summed E-state index contributed by atoms with van der Waals surface area (Å²) >= 11 is 5.95. The van der Waals surface area contributed by atoms with Crippen molar-refractivity contribution in [3.05, 3.63) is 64.4 Å². The number of nitrogens with one attached hydrogen (secondary N) is 1. The van der Waals surface area contributed by atoms with Crippen molar-refractivity contribution in [3.8, 4) is 0 Å². The summed E-state index contributed by atoms with van der Waals surface area (Å²) in [6.45, 7) is 1.87. The quantitative estimate of drug-likeness (QED) is 0.909. The topological polar surface area (TPSA) is 76.1 Å². The molecule has 1 aromatic heterocycles. The van der Waals surface area contributed by atoms with E-state index >= 15 is 0 Å². The van der Waals surface area contributed by atoms with E-state index in [1.807, 2.05) is 6.92 Å². The molecule has 1 aromatic carbocycles. The molecule has 0 aliphatic rings. The van der Waals surface area contributed by atoms with Gasteiger partial charge >= 0.3 is 0 Å². The van der Waals surface area contributed by atoms with Crippen molar-refractivity contribution in [1.29, 1.82) is 0 Å². The van der Waals surface area contributed by atoms with Gasteiger partial charge in [-0.1, -0.05) is 36.7 Å². The van der Waals surface area contributed by atoms with Crippen LogP contribution in [0.1, 0.15) is 28.4 Å². The molecule has 2 aromatic rings. The minimum atomic E-state index is -3.83.